The van der Waals surface area contributed by atoms with E-state index in [2.05, 4.69) is 0 Å². The molecule has 2 atom stereocenters. The molecule has 1 aliphatic rings. The first-order valence-corrected chi connectivity index (χ1v) is 20.5. The monoisotopic (exact) mass is 864 g/mol. The van der Waals surface area contributed by atoms with Crippen LogP contribution in [0.2, 0.25) is 0 Å². The Morgan fingerprint density at radius 2 is 0.776 bits per heavy atom. The SMILES string of the molecule is CC(C)(C)c1cc(CS[C@H]2CCCCCC[C@@H]2SCc2cc(C(C)(C)C)cc(Oc3c(F)c(F)c(F)c(F)c3F)c2O)c(O)c(Oc2c(F)c(F)c(F)c(F)c2F)c1. The van der Waals surface area contributed by atoms with Crippen LogP contribution in [0.25, 0.3) is 0 Å². The molecule has 1 saturated carbocycles. The molecule has 0 heterocycles. The van der Waals surface area contributed by atoms with Gasteiger partial charge in [-0.1, -0.05) is 79.4 Å². The summed E-state index contributed by atoms with van der Waals surface area (Å²) in [6.07, 6.45) is 5.12. The zero-order chi connectivity index (χ0) is 43.0. The number of phenolic OH excluding ortho intramolecular Hbond substituents is 2. The fourth-order valence-corrected chi connectivity index (χ4v) is 9.40. The minimum Gasteiger partial charge on any atom is -0.504 e. The van der Waals surface area contributed by atoms with Crippen LogP contribution in [0.15, 0.2) is 24.3 Å². The number of thioether (sulfide) groups is 2. The van der Waals surface area contributed by atoms with E-state index in [0.717, 1.165) is 38.5 Å². The third-order valence-electron chi connectivity index (χ3n) is 9.85. The molecule has 0 saturated heterocycles. The van der Waals surface area contributed by atoms with Crippen LogP contribution in [-0.4, -0.2) is 20.7 Å². The fraction of sp³-hybridized carbons (Fsp3) is 0.429. The van der Waals surface area contributed by atoms with Crippen LogP contribution >= 0.6 is 23.5 Å². The van der Waals surface area contributed by atoms with Crippen molar-refractivity contribution < 1.29 is 63.6 Å². The third-order valence-corrected chi connectivity index (χ3v) is 13.0. The van der Waals surface area contributed by atoms with Gasteiger partial charge in [0.25, 0.3) is 0 Å². The van der Waals surface area contributed by atoms with E-state index in [0.29, 0.717) is 11.1 Å². The average molecular weight is 865 g/mol. The minimum atomic E-state index is -2.35. The first kappa shape index (κ1) is 45.2. The van der Waals surface area contributed by atoms with Crippen molar-refractivity contribution in [1.82, 2.24) is 0 Å². The number of aromatic hydroxyl groups is 2. The van der Waals surface area contributed by atoms with Gasteiger partial charge in [0, 0.05) is 33.1 Å². The highest BCUT2D eigenvalue weighted by Crippen LogP contribution is 2.46. The van der Waals surface area contributed by atoms with Gasteiger partial charge in [0.2, 0.25) is 69.7 Å². The highest BCUT2D eigenvalue weighted by atomic mass is 32.2. The number of benzene rings is 4. The molecule has 0 amide bonds. The molecule has 0 radical (unpaired) electrons. The van der Waals surface area contributed by atoms with Gasteiger partial charge in [-0.3, -0.25) is 0 Å². The molecular formula is C42H42F10O4S2. The number of halogens is 10. The van der Waals surface area contributed by atoms with Gasteiger partial charge in [0.1, 0.15) is 0 Å². The second-order valence-electron chi connectivity index (χ2n) is 16.2. The van der Waals surface area contributed by atoms with Crippen molar-refractivity contribution in [2.75, 3.05) is 0 Å². The van der Waals surface area contributed by atoms with E-state index in [1.807, 2.05) is 41.5 Å². The van der Waals surface area contributed by atoms with Gasteiger partial charge in [-0.25, -0.2) is 26.3 Å². The fourth-order valence-electron chi connectivity index (χ4n) is 6.33. The van der Waals surface area contributed by atoms with Crippen molar-refractivity contribution in [3.63, 3.8) is 0 Å². The molecule has 4 nitrogen and oxygen atoms in total. The summed E-state index contributed by atoms with van der Waals surface area (Å²) in [6.45, 7) is 10.9. The number of ether oxygens (including phenoxy) is 2. The maximum Gasteiger partial charge on any atom is 0.207 e. The summed E-state index contributed by atoms with van der Waals surface area (Å²) in [5.41, 5.74) is 0.439. The molecule has 5 rings (SSSR count). The summed E-state index contributed by atoms with van der Waals surface area (Å²) in [5.74, 6) is -27.2. The molecule has 1 aliphatic carbocycles. The lowest BCUT2D eigenvalue weighted by atomic mass is 9.86. The van der Waals surface area contributed by atoms with E-state index in [1.54, 1.807) is 12.1 Å². The molecule has 316 valence electrons. The second-order valence-corrected chi connectivity index (χ2v) is 18.6. The molecule has 0 aromatic heterocycles. The van der Waals surface area contributed by atoms with E-state index in [1.165, 1.54) is 35.7 Å². The van der Waals surface area contributed by atoms with Crippen molar-refractivity contribution in [3.8, 4) is 34.5 Å². The standard InChI is InChI=1S/C42H42F10O4S2/c1-41(2,3)21-13-19(37(53)23(15-21)55-39-33(49)29(45)27(43)30(46)34(39)50)17-57-25-11-9-7-8-10-12-26(25)58-18-20-14-22(42(4,5)6)16-24(38(20)54)56-40-35(51)31(47)28(44)32(48)36(40)52/h13-16,25-26,53-54H,7-12,17-18H2,1-6H3/t25-,26-/m0/s1. The van der Waals surface area contributed by atoms with Gasteiger partial charge in [0.15, 0.2) is 23.0 Å². The maximum atomic E-state index is 14.6. The van der Waals surface area contributed by atoms with Gasteiger partial charge in [-0.05, 0) is 46.9 Å². The van der Waals surface area contributed by atoms with E-state index in [-0.39, 0.29) is 33.1 Å². The van der Waals surface area contributed by atoms with Gasteiger partial charge >= 0.3 is 0 Å². The topological polar surface area (TPSA) is 58.9 Å². The lowest BCUT2D eigenvalue weighted by Crippen LogP contribution is -2.22. The van der Waals surface area contributed by atoms with E-state index < -0.39 is 103 Å². The summed E-state index contributed by atoms with van der Waals surface area (Å²) in [5, 5.41) is 22.5. The molecule has 2 N–H and O–H groups in total. The Morgan fingerprint density at radius 1 is 0.483 bits per heavy atom. The van der Waals surface area contributed by atoms with Gasteiger partial charge in [-0.15, -0.1) is 0 Å². The van der Waals surface area contributed by atoms with Crippen LogP contribution in [0.5, 0.6) is 34.5 Å². The van der Waals surface area contributed by atoms with E-state index >= 15 is 0 Å². The first-order valence-electron chi connectivity index (χ1n) is 18.4. The Kier molecular flexibility index (Phi) is 13.8. The molecular weight excluding hydrogens is 823 g/mol. The van der Waals surface area contributed by atoms with Crippen molar-refractivity contribution in [3.05, 3.63) is 105 Å². The highest BCUT2D eigenvalue weighted by Gasteiger charge is 2.32. The lowest BCUT2D eigenvalue weighted by Gasteiger charge is -2.30. The summed E-state index contributed by atoms with van der Waals surface area (Å²) < 4.78 is 153. The van der Waals surface area contributed by atoms with Crippen molar-refractivity contribution >= 4 is 23.5 Å². The molecule has 4 aromatic rings. The normalized spacial score (nSPS) is 16.6. The molecule has 0 spiro atoms. The van der Waals surface area contributed by atoms with Crippen LogP contribution in [-0.2, 0) is 22.3 Å². The number of hydrogen-bond donors (Lipinski definition) is 2. The number of rotatable bonds is 10. The van der Waals surface area contributed by atoms with E-state index in [9.17, 15) is 54.1 Å². The average Bonchev–Trinajstić information content (AvgIpc) is 3.15. The molecule has 16 heteroatoms. The maximum absolute atomic E-state index is 14.6. The molecule has 1 fully saturated rings. The Labute approximate surface area is 338 Å². The molecule has 4 aromatic carbocycles. The van der Waals surface area contributed by atoms with Crippen molar-refractivity contribution in [1.29, 1.82) is 0 Å². The Morgan fingerprint density at radius 3 is 1.07 bits per heavy atom. The third kappa shape index (κ3) is 9.58. The van der Waals surface area contributed by atoms with Crippen LogP contribution < -0.4 is 9.47 Å². The predicted octanol–water partition coefficient (Wildman–Crippen LogP) is 13.9. The molecule has 0 bridgehead atoms. The largest absolute Gasteiger partial charge is 0.504 e. The molecule has 0 aliphatic heterocycles. The van der Waals surface area contributed by atoms with Crippen molar-refractivity contribution in [2.24, 2.45) is 0 Å². The summed E-state index contributed by atoms with van der Waals surface area (Å²) in [6, 6.07) is 5.91. The summed E-state index contributed by atoms with van der Waals surface area (Å²) in [4.78, 5) is 0. The smallest absolute Gasteiger partial charge is 0.207 e. The van der Waals surface area contributed by atoms with Crippen LogP contribution in [0.1, 0.15) is 102 Å². The lowest BCUT2D eigenvalue weighted by molar-refractivity contribution is 0.323. The molecule has 58 heavy (non-hydrogen) atoms. The van der Waals surface area contributed by atoms with Crippen LogP contribution in [0, 0.1) is 58.2 Å². The summed E-state index contributed by atoms with van der Waals surface area (Å²) in [7, 11) is 0. The second kappa shape index (κ2) is 17.7. The predicted molar refractivity (Wildman–Crippen MR) is 204 cm³/mol. The van der Waals surface area contributed by atoms with Crippen LogP contribution in [0.4, 0.5) is 43.9 Å². The van der Waals surface area contributed by atoms with Crippen LogP contribution in [0.3, 0.4) is 0 Å². The zero-order valence-corrected chi connectivity index (χ0v) is 34.1. The van der Waals surface area contributed by atoms with E-state index in [4.69, 9.17) is 9.47 Å². The quantitative estimate of drug-likeness (QED) is 0.0941. The summed E-state index contributed by atoms with van der Waals surface area (Å²) >= 11 is 2.95. The van der Waals surface area contributed by atoms with Crippen molar-refractivity contribution in [2.45, 2.75) is 113 Å². The Balaban J connectivity index is 1.45. The number of phenols is 2. The van der Waals surface area contributed by atoms with Gasteiger partial charge < -0.3 is 19.7 Å². The Hall–Kier alpha value is -3.92. The molecule has 0 unspecified atom stereocenters. The Bertz CT molecular complexity index is 1970. The van der Waals surface area contributed by atoms with Gasteiger partial charge in [-0.2, -0.15) is 41.1 Å². The minimum absolute atomic E-state index is 0.0699. The zero-order valence-electron chi connectivity index (χ0n) is 32.4. The van der Waals surface area contributed by atoms with Gasteiger partial charge in [0.05, 0.1) is 0 Å². The highest BCUT2D eigenvalue weighted by molar-refractivity contribution is 8.03. The first-order chi connectivity index (χ1) is 27.0. The number of hydrogen-bond acceptors (Lipinski definition) is 6.